The molecule has 1 aliphatic heterocycles. The molecule has 3 rings (SSSR count). The fourth-order valence-corrected chi connectivity index (χ4v) is 6.08. The predicted molar refractivity (Wildman–Crippen MR) is 122 cm³/mol. The van der Waals surface area contributed by atoms with Crippen LogP contribution in [0.3, 0.4) is 0 Å². The Morgan fingerprint density at radius 3 is 2.43 bits per heavy atom. The molecule has 2 aromatic rings. The van der Waals surface area contributed by atoms with Gasteiger partial charge in [-0.05, 0) is 55.0 Å². The van der Waals surface area contributed by atoms with E-state index in [1.807, 2.05) is 32.0 Å². The lowest BCUT2D eigenvalue weighted by Crippen LogP contribution is -2.43. The Kier molecular flexibility index (Phi) is 7.45. The molecule has 1 amide bonds. The highest BCUT2D eigenvalue weighted by Crippen LogP contribution is 2.31. The highest BCUT2D eigenvalue weighted by atomic mass is 35.5. The molecule has 30 heavy (non-hydrogen) atoms. The second-order valence-corrected chi connectivity index (χ2v) is 10.2. The quantitative estimate of drug-likeness (QED) is 0.636. The number of hydrogen-bond donors (Lipinski definition) is 1. The number of hydrogen-bond acceptors (Lipinski definition) is 3. The second-order valence-electron chi connectivity index (χ2n) is 7.42. The molecule has 1 aliphatic rings. The average Bonchev–Trinajstić information content (AvgIpc) is 2.75. The summed E-state index contributed by atoms with van der Waals surface area (Å²) in [5.74, 6) is -0.580. The molecule has 0 saturated carbocycles. The number of aryl methyl sites for hydroxylation is 2. The fraction of sp³-hybridized carbons (Fsp3) is 0.409. The number of piperidine rings is 1. The third kappa shape index (κ3) is 4.83. The Balaban J connectivity index is 1.81. The third-order valence-electron chi connectivity index (χ3n) is 5.51. The van der Waals surface area contributed by atoms with Crippen LogP contribution in [0, 0.1) is 5.92 Å². The minimum absolute atomic E-state index is 0.0256. The molecular weight excluding hydrogens is 443 g/mol. The Morgan fingerprint density at radius 1 is 1.13 bits per heavy atom. The number of halogens is 2. The third-order valence-corrected chi connectivity index (χ3v) is 8.09. The van der Waals surface area contributed by atoms with Crippen molar-refractivity contribution in [3.05, 3.63) is 57.6 Å². The zero-order valence-electron chi connectivity index (χ0n) is 17.1. The van der Waals surface area contributed by atoms with Crippen LogP contribution in [0.1, 0.15) is 37.8 Å². The minimum Gasteiger partial charge on any atom is -0.325 e. The summed E-state index contributed by atoms with van der Waals surface area (Å²) in [6.07, 6.45) is 2.85. The second kappa shape index (κ2) is 9.69. The molecule has 2 aromatic carbocycles. The molecule has 1 N–H and O–H groups in total. The van der Waals surface area contributed by atoms with E-state index in [1.54, 1.807) is 6.07 Å². The molecule has 0 spiro atoms. The first kappa shape index (κ1) is 23.1. The van der Waals surface area contributed by atoms with E-state index < -0.39 is 15.9 Å². The van der Waals surface area contributed by atoms with E-state index in [9.17, 15) is 13.2 Å². The lowest BCUT2D eigenvalue weighted by Gasteiger charge is -2.31. The molecule has 1 saturated heterocycles. The standard InChI is InChI=1S/C22H26Cl2N2O3S/c1-3-15-7-5-8-16(4-2)21(15)25-22(27)17-9-6-12-26(14-17)30(28,29)20-13-18(23)10-11-19(20)24/h5,7-8,10-11,13,17H,3-4,6,9,12,14H2,1-2H3,(H,25,27)/t17-/m0/s1. The first-order valence-corrected chi connectivity index (χ1v) is 12.3. The van der Waals surface area contributed by atoms with E-state index in [0.29, 0.717) is 24.4 Å². The van der Waals surface area contributed by atoms with Gasteiger partial charge in [0.25, 0.3) is 0 Å². The van der Waals surface area contributed by atoms with Crippen LogP contribution in [0.5, 0.6) is 0 Å². The summed E-state index contributed by atoms with van der Waals surface area (Å²) in [7, 11) is -3.84. The first-order chi connectivity index (χ1) is 14.3. The van der Waals surface area contributed by atoms with Gasteiger partial charge in [-0.1, -0.05) is 55.2 Å². The first-order valence-electron chi connectivity index (χ1n) is 10.1. The van der Waals surface area contributed by atoms with Crippen molar-refractivity contribution in [2.75, 3.05) is 18.4 Å². The summed E-state index contributed by atoms with van der Waals surface area (Å²) in [5, 5.41) is 3.49. The van der Waals surface area contributed by atoms with Crippen molar-refractivity contribution in [1.29, 1.82) is 0 Å². The van der Waals surface area contributed by atoms with Gasteiger partial charge in [-0.2, -0.15) is 4.31 Å². The summed E-state index contributed by atoms with van der Waals surface area (Å²) < 4.78 is 27.6. The van der Waals surface area contributed by atoms with Gasteiger partial charge < -0.3 is 5.32 Å². The van der Waals surface area contributed by atoms with Crippen LogP contribution in [0.15, 0.2) is 41.3 Å². The molecule has 5 nitrogen and oxygen atoms in total. The van der Waals surface area contributed by atoms with E-state index in [0.717, 1.165) is 29.7 Å². The number of para-hydroxylation sites is 1. The van der Waals surface area contributed by atoms with Crippen molar-refractivity contribution < 1.29 is 13.2 Å². The molecule has 1 fully saturated rings. The highest BCUT2D eigenvalue weighted by molar-refractivity contribution is 7.89. The van der Waals surface area contributed by atoms with Crippen LogP contribution in [-0.2, 0) is 27.7 Å². The summed E-state index contributed by atoms with van der Waals surface area (Å²) in [6, 6.07) is 10.4. The smallest absolute Gasteiger partial charge is 0.244 e. The zero-order chi connectivity index (χ0) is 21.9. The number of rotatable bonds is 6. The topological polar surface area (TPSA) is 66.5 Å². The Hall–Kier alpha value is -1.60. The zero-order valence-corrected chi connectivity index (χ0v) is 19.4. The molecular formula is C22H26Cl2N2O3S. The van der Waals surface area contributed by atoms with Crippen LogP contribution < -0.4 is 5.32 Å². The highest BCUT2D eigenvalue weighted by Gasteiger charge is 2.34. The molecule has 162 valence electrons. The molecule has 1 atom stereocenters. The van der Waals surface area contributed by atoms with Gasteiger partial charge in [-0.3, -0.25) is 4.79 Å². The monoisotopic (exact) mass is 468 g/mol. The Morgan fingerprint density at radius 2 is 1.80 bits per heavy atom. The molecule has 1 heterocycles. The maximum absolute atomic E-state index is 13.1. The molecule has 0 aliphatic carbocycles. The van der Waals surface area contributed by atoms with Gasteiger partial charge in [-0.15, -0.1) is 0 Å². The van der Waals surface area contributed by atoms with Crippen molar-refractivity contribution in [1.82, 2.24) is 4.31 Å². The number of sulfonamides is 1. The van der Waals surface area contributed by atoms with Crippen LogP contribution in [0.25, 0.3) is 0 Å². The number of amides is 1. The van der Waals surface area contributed by atoms with Gasteiger partial charge in [0.1, 0.15) is 4.90 Å². The lowest BCUT2D eigenvalue weighted by atomic mass is 9.97. The molecule has 0 aromatic heterocycles. The van der Waals surface area contributed by atoms with Gasteiger partial charge >= 0.3 is 0 Å². The van der Waals surface area contributed by atoms with E-state index in [-0.39, 0.29) is 22.4 Å². The number of carbonyl (C=O) groups is 1. The summed E-state index contributed by atoms with van der Waals surface area (Å²) in [6.45, 7) is 4.57. The van der Waals surface area contributed by atoms with Crippen LogP contribution in [0.2, 0.25) is 10.0 Å². The number of nitrogens with zero attached hydrogens (tertiary/aromatic N) is 1. The van der Waals surface area contributed by atoms with E-state index >= 15 is 0 Å². The molecule has 8 heteroatoms. The normalized spacial score (nSPS) is 17.7. The SMILES string of the molecule is CCc1cccc(CC)c1NC(=O)[C@H]1CCCN(S(=O)(=O)c2cc(Cl)ccc2Cl)C1. The molecule has 0 bridgehead atoms. The van der Waals surface area contributed by atoms with Gasteiger partial charge in [-0.25, -0.2) is 8.42 Å². The Bertz CT molecular complexity index is 1020. The summed E-state index contributed by atoms with van der Waals surface area (Å²) >= 11 is 12.1. The molecule has 0 unspecified atom stereocenters. The van der Waals surface area contributed by atoms with E-state index in [1.165, 1.54) is 16.4 Å². The van der Waals surface area contributed by atoms with E-state index in [4.69, 9.17) is 23.2 Å². The Labute approximate surface area is 188 Å². The number of nitrogens with one attached hydrogen (secondary N) is 1. The van der Waals surface area contributed by atoms with Crippen molar-refractivity contribution in [3.8, 4) is 0 Å². The van der Waals surface area contributed by atoms with Crippen LogP contribution >= 0.6 is 23.2 Å². The van der Waals surface area contributed by atoms with Crippen molar-refractivity contribution in [2.24, 2.45) is 5.92 Å². The predicted octanol–water partition coefficient (Wildman–Crippen LogP) is 5.16. The van der Waals surface area contributed by atoms with Gasteiger partial charge in [0.05, 0.1) is 10.9 Å². The van der Waals surface area contributed by atoms with Crippen molar-refractivity contribution in [2.45, 2.75) is 44.4 Å². The number of anilines is 1. The maximum atomic E-state index is 13.1. The van der Waals surface area contributed by atoms with Gasteiger partial charge in [0.2, 0.25) is 15.9 Å². The lowest BCUT2D eigenvalue weighted by molar-refractivity contribution is -0.120. The maximum Gasteiger partial charge on any atom is 0.244 e. The number of carbonyl (C=O) groups excluding carboxylic acids is 1. The van der Waals surface area contributed by atoms with E-state index in [2.05, 4.69) is 5.32 Å². The van der Waals surface area contributed by atoms with Gasteiger partial charge in [0.15, 0.2) is 0 Å². The van der Waals surface area contributed by atoms with Gasteiger partial charge in [0, 0.05) is 23.8 Å². The molecule has 0 radical (unpaired) electrons. The van der Waals surface area contributed by atoms with Crippen LogP contribution in [-0.4, -0.2) is 31.7 Å². The van der Waals surface area contributed by atoms with Crippen molar-refractivity contribution >= 4 is 44.8 Å². The minimum atomic E-state index is -3.84. The van der Waals surface area contributed by atoms with Crippen LogP contribution in [0.4, 0.5) is 5.69 Å². The average molecular weight is 469 g/mol. The largest absolute Gasteiger partial charge is 0.325 e. The number of benzene rings is 2. The fourth-order valence-electron chi connectivity index (χ4n) is 3.82. The summed E-state index contributed by atoms with van der Waals surface area (Å²) in [4.78, 5) is 13.0. The van der Waals surface area contributed by atoms with Crippen molar-refractivity contribution in [3.63, 3.8) is 0 Å². The summed E-state index contributed by atoms with van der Waals surface area (Å²) in [5.41, 5.74) is 3.01.